The Morgan fingerprint density at radius 3 is 2.65 bits per heavy atom. The zero-order valence-corrected chi connectivity index (χ0v) is 13.1. The summed E-state index contributed by atoms with van der Waals surface area (Å²) in [4.78, 5) is 22.1. The molecule has 20 heavy (non-hydrogen) atoms. The van der Waals surface area contributed by atoms with E-state index in [0.717, 1.165) is 16.9 Å². The first-order valence-corrected chi connectivity index (χ1v) is 7.22. The summed E-state index contributed by atoms with van der Waals surface area (Å²) in [6.07, 6.45) is 0. The second-order valence-corrected chi connectivity index (χ2v) is 6.00. The number of carbonyl (C=O) groups excluding carboxylic acids is 1. The van der Waals surface area contributed by atoms with Crippen LogP contribution >= 0.6 is 27.3 Å². The zero-order chi connectivity index (χ0) is 14.9. The normalized spacial score (nSPS) is 10.3. The third-order valence-corrected chi connectivity index (χ3v) is 4.24. The van der Waals surface area contributed by atoms with E-state index in [2.05, 4.69) is 15.9 Å². The first-order valence-electron chi connectivity index (χ1n) is 5.61. The molecule has 0 saturated carbocycles. The maximum atomic E-state index is 11.3. The minimum Gasteiger partial charge on any atom is -0.439 e. The van der Waals surface area contributed by atoms with E-state index >= 15 is 0 Å². The summed E-state index contributed by atoms with van der Waals surface area (Å²) >= 11 is 4.31. The van der Waals surface area contributed by atoms with E-state index in [0.29, 0.717) is 15.1 Å². The summed E-state index contributed by atoms with van der Waals surface area (Å²) in [5.74, 6) is 0.242. The van der Waals surface area contributed by atoms with Gasteiger partial charge in [-0.1, -0.05) is 17.4 Å². The SMILES string of the molecule is CC(=O)c1cc([N+](=O)[O-])c(Oc2ccc(C)cc2Br)s1. The molecule has 0 bridgehead atoms. The Bertz CT molecular complexity index is 696. The first-order chi connectivity index (χ1) is 9.38. The van der Waals surface area contributed by atoms with Crippen LogP contribution in [-0.2, 0) is 0 Å². The van der Waals surface area contributed by atoms with E-state index in [9.17, 15) is 14.9 Å². The largest absolute Gasteiger partial charge is 0.439 e. The van der Waals surface area contributed by atoms with Gasteiger partial charge in [-0.2, -0.15) is 0 Å². The van der Waals surface area contributed by atoms with Crippen LogP contribution in [-0.4, -0.2) is 10.7 Å². The van der Waals surface area contributed by atoms with Crippen LogP contribution in [0.1, 0.15) is 22.2 Å². The van der Waals surface area contributed by atoms with Gasteiger partial charge in [0.25, 0.3) is 5.06 Å². The number of ether oxygens (including phenoxy) is 1. The highest BCUT2D eigenvalue weighted by atomic mass is 79.9. The topological polar surface area (TPSA) is 69.4 Å². The average molecular weight is 356 g/mol. The van der Waals surface area contributed by atoms with E-state index in [1.165, 1.54) is 13.0 Å². The summed E-state index contributed by atoms with van der Waals surface area (Å²) in [6.45, 7) is 3.29. The lowest BCUT2D eigenvalue weighted by molar-refractivity contribution is -0.385. The zero-order valence-electron chi connectivity index (χ0n) is 10.7. The number of rotatable bonds is 4. The van der Waals surface area contributed by atoms with E-state index in [4.69, 9.17) is 4.74 Å². The molecule has 0 amide bonds. The Balaban J connectivity index is 2.42. The lowest BCUT2D eigenvalue weighted by Crippen LogP contribution is -1.90. The van der Waals surface area contributed by atoms with Crippen molar-refractivity contribution in [3.8, 4) is 10.8 Å². The molecule has 1 aromatic heterocycles. The molecule has 0 N–H and O–H groups in total. The molecule has 5 nitrogen and oxygen atoms in total. The van der Waals surface area contributed by atoms with Gasteiger partial charge in [-0.15, -0.1) is 0 Å². The summed E-state index contributed by atoms with van der Waals surface area (Å²) in [5, 5.41) is 11.1. The maximum Gasteiger partial charge on any atom is 0.323 e. The van der Waals surface area contributed by atoms with Crippen LogP contribution in [0.15, 0.2) is 28.7 Å². The predicted octanol–water partition coefficient (Wildman–Crippen LogP) is 4.72. The molecule has 7 heteroatoms. The van der Waals surface area contributed by atoms with Crippen molar-refractivity contribution in [3.05, 3.63) is 49.3 Å². The molecule has 1 heterocycles. The molecular weight excluding hydrogens is 346 g/mol. The van der Waals surface area contributed by atoms with Crippen molar-refractivity contribution in [2.45, 2.75) is 13.8 Å². The van der Waals surface area contributed by atoms with E-state index in [1.54, 1.807) is 6.07 Å². The van der Waals surface area contributed by atoms with Gasteiger partial charge >= 0.3 is 5.69 Å². The van der Waals surface area contributed by atoms with Gasteiger partial charge in [-0.25, -0.2) is 0 Å². The molecule has 0 fully saturated rings. The third kappa shape index (κ3) is 3.05. The van der Waals surface area contributed by atoms with E-state index < -0.39 is 4.92 Å². The van der Waals surface area contributed by atoms with Gasteiger partial charge < -0.3 is 4.74 Å². The van der Waals surface area contributed by atoms with Crippen LogP contribution in [0.25, 0.3) is 0 Å². The number of Topliss-reactive ketones (excluding diaryl/α,β-unsaturated/α-hetero) is 1. The molecule has 0 spiro atoms. The molecule has 2 rings (SSSR count). The highest BCUT2D eigenvalue weighted by Gasteiger charge is 2.23. The van der Waals surface area contributed by atoms with Crippen LogP contribution in [0.5, 0.6) is 10.8 Å². The lowest BCUT2D eigenvalue weighted by Gasteiger charge is -2.05. The molecule has 2 aromatic rings. The molecule has 0 aliphatic heterocycles. The Morgan fingerprint density at radius 2 is 2.10 bits per heavy atom. The van der Waals surface area contributed by atoms with Gasteiger partial charge in [-0.3, -0.25) is 14.9 Å². The molecule has 104 valence electrons. The van der Waals surface area contributed by atoms with Crippen LogP contribution in [0, 0.1) is 17.0 Å². The number of nitro groups is 1. The van der Waals surface area contributed by atoms with Gasteiger partial charge in [0.15, 0.2) is 5.78 Å². The molecule has 1 aromatic carbocycles. The monoisotopic (exact) mass is 355 g/mol. The highest BCUT2D eigenvalue weighted by molar-refractivity contribution is 9.10. The average Bonchev–Trinajstić information content (AvgIpc) is 2.77. The van der Waals surface area contributed by atoms with Crippen molar-refractivity contribution in [2.24, 2.45) is 0 Å². The Kier molecular flexibility index (Phi) is 4.20. The number of thiophene rings is 1. The fraction of sp³-hybridized carbons (Fsp3) is 0.154. The summed E-state index contributed by atoms with van der Waals surface area (Å²) in [5.41, 5.74) is 0.835. The van der Waals surface area contributed by atoms with Crippen molar-refractivity contribution in [1.29, 1.82) is 0 Å². The number of ketones is 1. The molecule has 0 atom stereocenters. The lowest BCUT2D eigenvalue weighted by atomic mass is 10.2. The van der Waals surface area contributed by atoms with Crippen molar-refractivity contribution < 1.29 is 14.5 Å². The fourth-order valence-corrected chi connectivity index (χ4v) is 2.98. The third-order valence-electron chi connectivity index (χ3n) is 2.51. The molecule has 0 saturated heterocycles. The number of carbonyl (C=O) groups is 1. The number of aryl methyl sites for hydroxylation is 1. The van der Waals surface area contributed by atoms with Crippen LogP contribution in [0.3, 0.4) is 0 Å². The van der Waals surface area contributed by atoms with Crippen molar-refractivity contribution >= 4 is 38.7 Å². The second kappa shape index (κ2) is 5.72. The Morgan fingerprint density at radius 1 is 1.40 bits per heavy atom. The van der Waals surface area contributed by atoms with Crippen LogP contribution in [0.4, 0.5) is 5.69 Å². The maximum absolute atomic E-state index is 11.3. The molecule has 0 aliphatic rings. The highest BCUT2D eigenvalue weighted by Crippen LogP contribution is 2.41. The van der Waals surface area contributed by atoms with Crippen molar-refractivity contribution in [3.63, 3.8) is 0 Å². The van der Waals surface area contributed by atoms with Gasteiger partial charge in [0.1, 0.15) is 5.75 Å². The van der Waals surface area contributed by atoms with Gasteiger partial charge in [-0.05, 0) is 47.5 Å². The van der Waals surface area contributed by atoms with Gasteiger partial charge in [0, 0.05) is 6.07 Å². The van der Waals surface area contributed by atoms with Crippen molar-refractivity contribution in [2.75, 3.05) is 0 Å². The fourth-order valence-electron chi connectivity index (χ4n) is 1.53. The molecule has 0 radical (unpaired) electrons. The molecule has 0 unspecified atom stereocenters. The quantitative estimate of drug-likeness (QED) is 0.451. The second-order valence-electron chi connectivity index (χ2n) is 4.13. The Hall–Kier alpha value is -1.73. The minimum absolute atomic E-state index is 0.102. The van der Waals surface area contributed by atoms with Gasteiger partial charge in [0.2, 0.25) is 0 Å². The summed E-state index contributed by atoms with van der Waals surface area (Å²) < 4.78 is 6.26. The number of hydrogen-bond acceptors (Lipinski definition) is 5. The number of benzene rings is 1. The molecule has 0 aliphatic carbocycles. The number of hydrogen-bond donors (Lipinski definition) is 0. The predicted molar refractivity (Wildman–Crippen MR) is 79.9 cm³/mol. The standard InChI is InChI=1S/C13H10BrNO4S/c1-7-3-4-11(9(14)5-7)19-13-10(15(17)18)6-12(20-13)8(2)16/h3-6H,1-2H3. The number of nitrogens with zero attached hydrogens (tertiary/aromatic N) is 1. The van der Waals surface area contributed by atoms with Crippen LogP contribution in [0.2, 0.25) is 0 Å². The summed E-state index contributed by atoms with van der Waals surface area (Å²) in [6, 6.07) is 6.65. The number of halogens is 1. The summed E-state index contributed by atoms with van der Waals surface area (Å²) in [7, 11) is 0. The van der Waals surface area contributed by atoms with Gasteiger partial charge in [0.05, 0.1) is 14.3 Å². The van der Waals surface area contributed by atoms with Crippen LogP contribution < -0.4 is 4.74 Å². The van der Waals surface area contributed by atoms with Crippen molar-refractivity contribution in [1.82, 2.24) is 0 Å². The van der Waals surface area contributed by atoms with E-state index in [1.807, 2.05) is 19.1 Å². The minimum atomic E-state index is -0.555. The molecular formula is C13H10BrNO4S. The Labute approximate surface area is 127 Å². The first kappa shape index (κ1) is 14.7. The van der Waals surface area contributed by atoms with E-state index in [-0.39, 0.29) is 16.5 Å². The smallest absolute Gasteiger partial charge is 0.323 e.